The molecule has 0 unspecified atom stereocenters. The summed E-state index contributed by atoms with van der Waals surface area (Å²) in [7, 11) is 0. The lowest BCUT2D eigenvalue weighted by Crippen LogP contribution is -1.97. The Morgan fingerprint density at radius 1 is 1.21 bits per heavy atom. The molecular formula is C11H12N2S. The summed E-state index contributed by atoms with van der Waals surface area (Å²) in [5.74, 6) is 0. The zero-order valence-electron chi connectivity index (χ0n) is 8.27. The van der Waals surface area contributed by atoms with Crippen molar-refractivity contribution in [2.75, 3.05) is 6.26 Å². The fraction of sp³-hybridized carbons (Fsp3) is 0.182. The SMILES string of the molecule is CSc1cc(C)n(-c2ccccc2)n1. The van der Waals surface area contributed by atoms with E-state index in [1.165, 1.54) is 5.69 Å². The van der Waals surface area contributed by atoms with Crippen molar-refractivity contribution in [3.8, 4) is 5.69 Å². The average Bonchev–Trinajstić information content (AvgIpc) is 2.61. The molecular weight excluding hydrogens is 192 g/mol. The topological polar surface area (TPSA) is 17.8 Å². The van der Waals surface area contributed by atoms with Gasteiger partial charge in [-0.05, 0) is 31.4 Å². The summed E-state index contributed by atoms with van der Waals surface area (Å²) >= 11 is 1.67. The molecule has 0 aliphatic rings. The molecule has 2 aromatic rings. The van der Waals surface area contributed by atoms with Crippen LogP contribution in [0.25, 0.3) is 5.69 Å². The summed E-state index contributed by atoms with van der Waals surface area (Å²) in [6, 6.07) is 12.3. The second-order valence-corrected chi connectivity index (χ2v) is 3.90. The molecule has 0 atom stereocenters. The summed E-state index contributed by atoms with van der Waals surface area (Å²) in [5.41, 5.74) is 2.28. The van der Waals surface area contributed by atoms with Crippen LogP contribution in [0.15, 0.2) is 41.4 Å². The van der Waals surface area contributed by atoms with Crippen LogP contribution in [0.3, 0.4) is 0 Å². The molecule has 0 aliphatic heterocycles. The van der Waals surface area contributed by atoms with E-state index in [4.69, 9.17) is 0 Å². The molecule has 0 aliphatic carbocycles. The molecule has 0 radical (unpaired) electrons. The van der Waals surface area contributed by atoms with Gasteiger partial charge in [0.25, 0.3) is 0 Å². The Morgan fingerprint density at radius 3 is 2.50 bits per heavy atom. The molecule has 0 spiro atoms. The van der Waals surface area contributed by atoms with Crippen LogP contribution >= 0.6 is 11.8 Å². The largest absolute Gasteiger partial charge is 0.237 e. The fourth-order valence-corrected chi connectivity index (χ4v) is 1.83. The van der Waals surface area contributed by atoms with E-state index in [-0.39, 0.29) is 0 Å². The predicted molar refractivity (Wildman–Crippen MR) is 60.1 cm³/mol. The zero-order chi connectivity index (χ0) is 9.97. The van der Waals surface area contributed by atoms with Crippen LogP contribution in [0.4, 0.5) is 0 Å². The summed E-state index contributed by atoms with van der Waals surface area (Å²) in [6.45, 7) is 2.07. The third-order valence-corrected chi connectivity index (χ3v) is 2.69. The Kier molecular flexibility index (Phi) is 2.59. The first kappa shape index (κ1) is 9.34. The molecule has 72 valence electrons. The lowest BCUT2D eigenvalue weighted by molar-refractivity contribution is 0.814. The molecule has 0 amide bonds. The minimum Gasteiger partial charge on any atom is -0.237 e. The van der Waals surface area contributed by atoms with E-state index in [2.05, 4.69) is 30.2 Å². The molecule has 0 saturated heterocycles. The van der Waals surface area contributed by atoms with Gasteiger partial charge < -0.3 is 0 Å². The first-order valence-corrected chi connectivity index (χ1v) is 5.70. The molecule has 14 heavy (non-hydrogen) atoms. The van der Waals surface area contributed by atoms with E-state index in [9.17, 15) is 0 Å². The van der Waals surface area contributed by atoms with Crippen LogP contribution in [0.2, 0.25) is 0 Å². The van der Waals surface area contributed by atoms with Crippen molar-refractivity contribution in [1.29, 1.82) is 0 Å². The number of hydrogen-bond donors (Lipinski definition) is 0. The van der Waals surface area contributed by atoms with E-state index >= 15 is 0 Å². The normalized spacial score (nSPS) is 10.4. The maximum atomic E-state index is 4.48. The number of para-hydroxylation sites is 1. The highest BCUT2D eigenvalue weighted by molar-refractivity contribution is 7.98. The smallest absolute Gasteiger partial charge is 0.119 e. The first-order valence-electron chi connectivity index (χ1n) is 4.47. The molecule has 0 N–H and O–H groups in total. The number of aryl methyl sites for hydroxylation is 1. The van der Waals surface area contributed by atoms with Crippen LogP contribution in [-0.2, 0) is 0 Å². The Hall–Kier alpha value is -1.22. The number of hydrogen-bond acceptors (Lipinski definition) is 2. The molecule has 1 aromatic carbocycles. The van der Waals surface area contributed by atoms with Gasteiger partial charge in [-0.25, -0.2) is 4.68 Å². The van der Waals surface area contributed by atoms with Crippen LogP contribution in [0, 0.1) is 6.92 Å². The third-order valence-electron chi connectivity index (χ3n) is 2.07. The molecule has 1 aromatic heterocycles. The van der Waals surface area contributed by atoms with Crippen LogP contribution in [0.5, 0.6) is 0 Å². The zero-order valence-corrected chi connectivity index (χ0v) is 9.08. The molecule has 0 saturated carbocycles. The average molecular weight is 204 g/mol. The Bertz CT molecular complexity index is 420. The molecule has 0 bridgehead atoms. The van der Waals surface area contributed by atoms with Gasteiger partial charge in [0.2, 0.25) is 0 Å². The molecule has 0 fully saturated rings. The molecule has 1 heterocycles. The van der Waals surface area contributed by atoms with E-state index in [0.717, 1.165) is 10.7 Å². The van der Waals surface area contributed by atoms with Crippen molar-refractivity contribution < 1.29 is 0 Å². The summed E-state index contributed by atoms with van der Waals surface area (Å²) in [5, 5.41) is 5.54. The van der Waals surface area contributed by atoms with Crippen LogP contribution in [0.1, 0.15) is 5.69 Å². The van der Waals surface area contributed by atoms with E-state index in [1.54, 1.807) is 11.8 Å². The van der Waals surface area contributed by atoms with E-state index in [0.29, 0.717) is 0 Å². The van der Waals surface area contributed by atoms with Gasteiger partial charge in [-0.1, -0.05) is 18.2 Å². The highest BCUT2D eigenvalue weighted by Crippen LogP contribution is 2.17. The molecule has 2 rings (SSSR count). The van der Waals surface area contributed by atoms with Crippen LogP contribution in [-0.4, -0.2) is 16.0 Å². The monoisotopic (exact) mass is 204 g/mol. The minimum atomic E-state index is 1.06. The number of rotatable bonds is 2. The maximum absolute atomic E-state index is 4.48. The van der Waals surface area contributed by atoms with Crippen LogP contribution < -0.4 is 0 Å². The van der Waals surface area contributed by atoms with Gasteiger partial charge in [-0.2, -0.15) is 5.10 Å². The van der Waals surface area contributed by atoms with Gasteiger partial charge in [0, 0.05) is 5.69 Å². The van der Waals surface area contributed by atoms with Gasteiger partial charge in [0.15, 0.2) is 0 Å². The highest BCUT2D eigenvalue weighted by atomic mass is 32.2. The Labute approximate surface area is 87.9 Å². The highest BCUT2D eigenvalue weighted by Gasteiger charge is 2.03. The standard InChI is InChI=1S/C11H12N2S/c1-9-8-11(14-2)12-13(9)10-6-4-3-5-7-10/h3-8H,1-2H3. The summed E-state index contributed by atoms with van der Waals surface area (Å²) in [6.07, 6.45) is 2.04. The number of thioether (sulfide) groups is 1. The second kappa shape index (κ2) is 3.88. The number of aromatic nitrogens is 2. The van der Waals surface area contributed by atoms with E-state index < -0.39 is 0 Å². The Balaban J connectivity index is 2.46. The van der Waals surface area contributed by atoms with Gasteiger partial charge in [-0.3, -0.25) is 0 Å². The van der Waals surface area contributed by atoms with Gasteiger partial charge in [0.1, 0.15) is 5.03 Å². The quantitative estimate of drug-likeness (QED) is 0.700. The number of benzene rings is 1. The summed E-state index contributed by atoms with van der Waals surface area (Å²) in [4.78, 5) is 0. The van der Waals surface area contributed by atoms with Crippen molar-refractivity contribution in [2.24, 2.45) is 0 Å². The van der Waals surface area contributed by atoms with Gasteiger partial charge in [0.05, 0.1) is 5.69 Å². The Morgan fingerprint density at radius 2 is 1.93 bits per heavy atom. The van der Waals surface area contributed by atoms with Crippen molar-refractivity contribution in [2.45, 2.75) is 11.9 Å². The summed E-state index contributed by atoms with van der Waals surface area (Å²) < 4.78 is 1.96. The van der Waals surface area contributed by atoms with Crippen molar-refractivity contribution in [1.82, 2.24) is 9.78 Å². The lowest BCUT2D eigenvalue weighted by atomic mass is 10.3. The third kappa shape index (κ3) is 1.68. The lowest BCUT2D eigenvalue weighted by Gasteiger charge is -2.02. The maximum Gasteiger partial charge on any atom is 0.119 e. The minimum absolute atomic E-state index is 1.06. The van der Waals surface area contributed by atoms with Gasteiger partial charge >= 0.3 is 0 Å². The second-order valence-electron chi connectivity index (χ2n) is 3.08. The molecule has 2 nitrogen and oxygen atoms in total. The van der Waals surface area contributed by atoms with Crippen molar-refractivity contribution in [3.63, 3.8) is 0 Å². The number of nitrogens with zero attached hydrogens (tertiary/aromatic N) is 2. The molecule has 3 heteroatoms. The van der Waals surface area contributed by atoms with Gasteiger partial charge in [-0.15, -0.1) is 11.8 Å². The predicted octanol–water partition coefficient (Wildman–Crippen LogP) is 2.90. The fourth-order valence-electron chi connectivity index (χ4n) is 1.38. The first-order chi connectivity index (χ1) is 6.81. The van der Waals surface area contributed by atoms with Crippen molar-refractivity contribution in [3.05, 3.63) is 42.1 Å². The van der Waals surface area contributed by atoms with E-state index in [1.807, 2.05) is 29.1 Å². The van der Waals surface area contributed by atoms with Crippen molar-refractivity contribution >= 4 is 11.8 Å².